The maximum absolute atomic E-state index is 7.30. The predicted molar refractivity (Wildman–Crippen MR) is 132 cm³/mol. The summed E-state index contributed by atoms with van der Waals surface area (Å²) in [5, 5.41) is 0. The average Bonchev–Trinajstić information content (AvgIpc) is 3.39. The van der Waals surface area contributed by atoms with Gasteiger partial charge in [-0.3, -0.25) is 0 Å². The monoisotopic (exact) mass is 490 g/mol. The molecule has 8 rings (SSSR count). The van der Waals surface area contributed by atoms with Crippen LogP contribution in [-0.4, -0.2) is 21.6 Å². The number of rotatable bonds is 2. The van der Waals surface area contributed by atoms with Crippen molar-refractivity contribution in [3.05, 3.63) is 119 Å². The van der Waals surface area contributed by atoms with Crippen LogP contribution in [0.5, 0.6) is 11.5 Å². The van der Waals surface area contributed by atoms with Crippen LogP contribution in [0.15, 0.2) is 85.2 Å². The molecule has 0 bridgehead atoms. The topological polar surface area (TPSA) is 41.5 Å². The van der Waals surface area contributed by atoms with Crippen LogP contribution in [0.1, 0.15) is 33.6 Å². The summed E-state index contributed by atoms with van der Waals surface area (Å²) in [6, 6.07) is 22.1. The highest BCUT2D eigenvalue weighted by molar-refractivity contribution is 5.82. The minimum Gasteiger partial charge on any atom is -0.350 e. The molecule has 4 aliphatic rings. The molecule has 2 aromatic heterocycles. The minimum absolute atomic E-state index is 0.635. The Hall–Kier alpha value is -4.36. The number of para-hydroxylation sites is 2. The summed E-state index contributed by atoms with van der Waals surface area (Å²) in [5.41, 5.74) is 6.32. The number of hydrogen-bond donors (Lipinski definition) is 0. The lowest BCUT2D eigenvalue weighted by molar-refractivity contribution is -1.07. The van der Waals surface area contributed by atoms with Crippen molar-refractivity contribution in [1.29, 1.82) is 0 Å². The minimum atomic E-state index is -1.30. The van der Waals surface area contributed by atoms with Crippen molar-refractivity contribution in [2.24, 2.45) is 0 Å². The van der Waals surface area contributed by atoms with Gasteiger partial charge >= 0.3 is 12.1 Å². The lowest BCUT2D eigenvalue weighted by Gasteiger charge is -2.29. The third kappa shape index (κ3) is 2.69. The summed E-state index contributed by atoms with van der Waals surface area (Å²) in [6.45, 7) is 5.40. The van der Waals surface area contributed by atoms with E-state index in [1.165, 1.54) is 0 Å². The molecule has 0 spiro atoms. The van der Waals surface area contributed by atoms with Crippen molar-refractivity contribution in [3.63, 3.8) is 0 Å². The van der Waals surface area contributed by atoms with E-state index >= 15 is 0 Å². The zero-order valence-corrected chi connectivity index (χ0v) is 20.7. The van der Waals surface area contributed by atoms with Gasteiger partial charge in [0, 0.05) is 24.3 Å². The smallest absolute Gasteiger partial charge is 0.350 e. The Morgan fingerprint density at radius 3 is 1.59 bits per heavy atom. The molecule has 7 nitrogen and oxygen atoms in total. The van der Waals surface area contributed by atoms with E-state index in [0.29, 0.717) is 13.1 Å². The number of fused-ring (bicyclic) bond motifs is 8. The highest BCUT2D eigenvalue weighted by Crippen LogP contribution is 2.42. The maximum atomic E-state index is 7.30. The number of nitrogens with zero attached hydrogens (tertiary/aromatic N) is 4. The largest absolute Gasteiger partial charge is 0.676 e. The SMILES string of the molecule is Cc1cccc2c1OC1(OC34Oc5c(C)cccc5C=[N+]3Cc3cccc[n+]34)[N+](=C2)Cc2cccc[n+]21. The third-order valence-electron chi connectivity index (χ3n) is 7.70. The molecule has 0 saturated heterocycles. The molecule has 4 aliphatic heterocycles. The first-order valence-corrected chi connectivity index (χ1v) is 12.6. The number of aryl methyl sites for hydroxylation is 2. The molecule has 0 aliphatic carbocycles. The van der Waals surface area contributed by atoms with Crippen LogP contribution < -0.4 is 18.6 Å². The molecule has 0 fully saturated rings. The molecule has 6 heterocycles. The molecule has 180 valence electrons. The summed E-state index contributed by atoms with van der Waals surface area (Å²) in [4.78, 5) is 0. The van der Waals surface area contributed by atoms with E-state index in [1.807, 2.05) is 36.7 Å². The Labute approximate surface area is 214 Å². The van der Waals surface area contributed by atoms with Crippen molar-refractivity contribution in [2.75, 3.05) is 0 Å². The van der Waals surface area contributed by atoms with Gasteiger partial charge in [0.05, 0.1) is 11.1 Å². The number of aromatic nitrogens is 2. The Morgan fingerprint density at radius 1 is 0.622 bits per heavy atom. The van der Waals surface area contributed by atoms with Gasteiger partial charge in [-0.25, -0.2) is 0 Å². The Morgan fingerprint density at radius 2 is 1.11 bits per heavy atom. The maximum Gasteiger partial charge on any atom is 0.676 e. The average molecular weight is 491 g/mol. The molecule has 37 heavy (non-hydrogen) atoms. The van der Waals surface area contributed by atoms with Gasteiger partial charge in [0.1, 0.15) is 0 Å². The molecule has 0 saturated carbocycles. The highest BCUT2D eigenvalue weighted by atomic mass is 16.8. The second kappa shape index (κ2) is 7.11. The molecular weight excluding hydrogens is 464 g/mol. The van der Waals surface area contributed by atoms with Crippen LogP contribution in [0.4, 0.5) is 0 Å². The van der Waals surface area contributed by atoms with Gasteiger partial charge in [-0.05, 0) is 54.0 Å². The van der Waals surface area contributed by atoms with E-state index < -0.39 is 12.1 Å². The zero-order chi connectivity index (χ0) is 24.8. The van der Waals surface area contributed by atoms with Gasteiger partial charge in [0.15, 0.2) is 36.3 Å². The van der Waals surface area contributed by atoms with Crippen LogP contribution in [0.3, 0.4) is 0 Å². The fraction of sp³-hybridized carbons (Fsp3) is 0.200. The van der Waals surface area contributed by atoms with Crippen molar-refractivity contribution in [3.8, 4) is 11.5 Å². The van der Waals surface area contributed by atoms with Crippen molar-refractivity contribution in [1.82, 2.24) is 0 Å². The second-order valence-corrected chi connectivity index (χ2v) is 10.0. The first-order chi connectivity index (χ1) is 18.1. The first kappa shape index (κ1) is 20.8. The van der Waals surface area contributed by atoms with Gasteiger partial charge in [0.25, 0.3) is 11.4 Å². The summed E-state index contributed by atoms with van der Waals surface area (Å²) in [7, 11) is 0. The molecule has 0 radical (unpaired) electrons. The number of ether oxygens (including phenoxy) is 3. The van der Waals surface area contributed by atoms with Gasteiger partial charge in [-0.1, -0.05) is 42.6 Å². The molecule has 4 aromatic rings. The van der Waals surface area contributed by atoms with Gasteiger partial charge < -0.3 is 9.47 Å². The van der Waals surface area contributed by atoms with Gasteiger partial charge in [-0.2, -0.15) is 0 Å². The van der Waals surface area contributed by atoms with E-state index in [2.05, 4.69) is 93.1 Å². The summed E-state index contributed by atoms with van der Waals surface area (Å²) < 4.78 is 29.6. The fourth-order valence-corrected chi connectivity index (χ4v) is 5.93. The van der Waals surface area contributed by atoms with Crippen LogP contribution in [-0.2, 0) is 29.9 Å². The lowest BCUT2D eigenvalue weighted by atomic mass is 10.1. The molecule has 0 N–H and O–H groups in total. The van der Waals surface area contributed by atoms with Crippen molar-refractivity contribution >= 4 is 12.4 Å². The third-order valence-corrected chi connectivity index (χ3v) is 7.70. The molecule has 7 heteroatoms. The van der Waals surface area contributed by atoms with E-state index in [4.69, 9.17) is 14.2 Å². The standard InChI is InChI=1S/C30H26N4O3/c1-21-9-7-11-23-17-31-19-25-13-3-5-15-33(25)29(31,35-27(21)23)37-30-32(20-26-14-4-6-16-34(26)30)18-24-12-8-10-22(2)28(24)36-30/h3-18H,19-20H2,1-2H3/q+4. The molecular formula is C30H26N4O3+4. The Bertz CT molecular complexity index is 1590. The Balaban J connectivity index is 1.39. The van der Waals surface area contributed by atoms with Crippen LogP contribution in [0.2, 0.25) is 0 Å². The number of benzene rings is 2. The van der Waals surface area contributed by atoms with Gasteiger partial charge in [-0.15, -0.1) is 0 Å². The zero-order valence-electron chi connectivity index (χ0n) is 20.7. The number of hydrogen-bond acceptors (Lipinski definition) is 3. The lowest BCUT2D eigenvalue weighted by Crippen LogP contribution is -2.75. The van der Waals surface area contributed by atoms with E-state index in [9.17, 15) is 0 Å². The van der Waals surface area contributed by atoms with Gasteiger partial charge in [0.2, 0.25) is 13.1 Å². The van der Waals surface area contributed by atoms with E-state index in [1.54, 1.807) is 0 Å². The summed E-state index contributed by atoms with van der Waals surface area (Å²) in [6.07, 6.45) is 8.31. The molecule has 2 atom stereocenters. The summed E-state index contributed by atoms with van der Waals surface area (Å²) in [5.74, 6) is 1.61. The normalized spacial score (nSPS) is 23.7. The molecule has 2 aromatic carbocycles. The quantitative estimate of drug-likeness (QED) is 0.406. The van der Waals surface area contributed by atoms with E-state index in [-0.39, 0.29) is 0 Å². The highest BCUT2D eigenvalue weighted by Gasteiger charge is 2.80. The number of pyridine rings is 2. The predicted octanol–water partition coefficient (Wildman–Crippen LogP) is 2.81. The molecule has 0 amide bonds. The van der Waals surface area contributed by atoms with Crippen LogP contribution in [0.25, 0.3) is 0 Å². The fourth-order valence-electron chi connectivity index (χ4n) is 5.93. The van der Waals surface area contributed by atoms with E-state index in [0.717, 1.165) is 45.1 Å². The first-order valence-electron chi connectivity index (χ1n) is 12.6. The molecule has 2 unspecified atom stereocenters. The van der Waals surface area contributed by atoms with Crippen molar-refractivity contribution < 1.29 is 32.5 Å². The van der Waals surface area contributed by atoms with Crippen LogP contribution in [0, 0.1) is 13.8 Å². The van der Waals surface area contributed by atoms with Crippen LogP contribution >= 0.6 is 0 Å². The summed E-state index contributed by atoms with van der Waals surface area (Å²) >= 11 is 0. The second-order valence-electron chi connectivity index (χ2n) is 10.0. The Kier molecular flexibility index (Phi) is 4.00. The van der Waals surface area contributed by atoms with Crippen molar-refractivity contribution in [2.45, 2.75) is 39.0 Å².